The molecule has 2 aromatic heterocycles. The normalized spacial score (nSPS) is 18.9. The van der Waals surface area contributed by atoms with E-state index in [1.54, 1.807) is 11.3 Å². The van der Waals surface area contributed by atoms with Crippen LogP contribution >= 0.6 is 11.3 Å². The molecule has 1 saturated carbocycles. The first-order chi connectivity index (χ1) is 9.42. The fraction of sp³-hybridized carbons (Fsp3) is 0.467. The van der Waals surface area contributed by atoms with Crippen molar-refractivity contribution < 1.29 is 0 Å². The van der Waals surface area contributed by atoms with Crippen molar-refractivity contribution in [2.45, 2.75) is 38.1 Å². The topological polar surface area (TPSA) is 37.8 Å². The zero-order valence-corrected chi connectivity index (χ0v) is 11.7. The summed E-state index contributed by atoms with van der Waals surface area (Å²) in [7, 11) is 0. The number of hydrogen-bond donors (Lipinski definition) is 1. The fourth-order valence-corrected chi connectivity index (χ4v) is 3.56. The molecular formula is C15H17N3S. The van der Waals surface area contributed by atoms with Crippen molar-refractivity contribution in [3.8, 4) is 10.7 Å². The predicted molar refractivity (Wildman–Crippen MR) is 77.3 cm³/mol. The Bertz CT molecular complexity index is 588. The molecule has 4 heteroatoms. The highest BCUT2D eigenvalue weighted by Gasteiger charge is 2.27. The molecule has 0 aromatic carbocycles. The van der Waals surface area contributed by atoms with Gasteiger partial charge in [-0.3, -0.25) is 0 Å². The van der Waals surface area contributed by atoms with E-state index in [4.69, 9.17) is 9.97 Å². The molecule has 1 fully saturated rings. The Hall–Kier alpha value is -1.26. The highest BCUT2D eigenvalue weighted by atomic mass is 32.1. The molecule has 3 heterocycles. The number of rotatable bonds is 2. The van der Waals surface area contributed by atoms with Crippen LogP contribution < -0.4 is 5.32 Å². The van der Waals surface area contributed by atoms with Crippen molar-refractivity contribution >= 4 is 11.3 Å². The molecule has 0 saturated heterocycles. The van der Waals surface area contributed by atoms with E-state index in [-0.39, 0.29) is 0 Å². The SMILES string of the molecule is c1csc(-c2nc3c(c(C4CCC4)n2)CNCC3)c1. The molecule has 1 aliphatic carbocycles. The zero-order valence-electron chi connectivity index (χ0n) is 10.9. The fourth-order valence-electron chi connectivity index (χ4n) is 2.90. The number of nitrogens with one attached hydrogen (secondary N) is 1. The monoisotopic (exact) mass is 271 g/mol. The number of nitrogens with zero attached hydrogens (tertiary/aromatic N) is 2. The summed E-state index contributed by atoms with van der Waals surface area (Å²) in [5, 5.41) is 5.56. The zero-order chi connectivity index (χ0) is 12.7. The Balaban J connectivity index is 1.85. The molecule has 0 spiro atoms. The average molecular weight is 271 g/mol. The van der Waals surface area contributed by atoms with Crippen LogP contribution in [0.2, 0.25) is 0 Å². The Morgan fingerprint density at radius 1 is 1.26 bits per heavy atom. The molecule has 1 aliphatic heterocycles. The minimum absolute atomic E-state index is 0.676. The summed E-state index contributed by atoms with van der Waals surface area (Å²) in [5.74, 6) is 1.62. The minimum Gasteiger partial charge on any atom is -0.312 e. The second-order valence-corrected chi connectivity index (χ2v) is 6.34. The van der Waals surface area contributed by atoms with E-state index >= 15 is 0 Å². The van der Waals surface area contributed by atoms with Crippen LogP contribution in [0.1, 0.15) is 42.1 Å². The minimum atomic E-state index is 0.676. The summed E-state index contributed by atoms with van der Waals surface area (Å²) in [5.41, 5.74) is 3.99. The first kappa shape index (κ1) is 11.6. The summed E-state index contributed by atoms with van der Waals surface area (Å²) in [4.78, 5) is 10.9. The van der Waals surface area contributed by atoms with Crippen LogP contribution in [-0.2, 0) is 13.0 Å². The van der Waals surface area contributed by atoms with Crippen LogP contribution in [0.15, 0.2) is 17.5 Å². The predicted octanol–water partition coefficient (Wildman–Crippen LogP) is 3.12. The molecule has 1 N–H and O–H groups in total. The molecule has 0 bridgehead atoms. The second kappa shape index (κ2) is 4.69. The van der Waals surface area contributed by atoms with Crippen molar-refractivity contribution in [3.05, 3.63) is 34.5 Å². The summed E-state index contributed by atoms with van der Waals surface area (Å²) in [6.45, 7) is 1.99. The van der Waals surface area contributed by atoms with Gasteiger partial charge in [0, 0.05) is 31.0 Å². The van der Waals surface area contributed by atoms with E-state index in [9.17, 15) is 0 Å². The van der Waals surface area contributed by atoms with Gasteiger partial charge in [0.15, 0.2) is 5.82 Å². The van der Waals surface area contributed by atoms with Gasteiger partial charge in [-0.15, -0.1) is 11.3 Å². The summed E-state index contributed by atoms with van der Waals surface area (Å²) < 4.78 is 0. The first-order valence-corrected chi connectivity index (χ1v) is 7.94. The summed E-state index contributed by atoms with van der Waals surface area (Å²) >= 11 is 1.73. The highest BCUT2D eigenvalue weighted by molar-refractivity contribution is 7.13. The standard InChI is InChI=1S/C15H17N3S/c1-3-10(4-1)14-11-9-16-7-6-12(11)17-15(18-14)13-5-2-8-19-13/h2,5,8,10,16H,1,3-4,6-7,9H2. The maximum Gasteiger partial charge on any atom is 0.169 e. The largest absolute Gasteiger partial charge is 0.312 e. The van der Waals surface area contributed by atoms with Crippen LogP contribution in [0.25, 0.3) is 10.7 Å². The van der Waals surface area contributed by atoms with Gasteiger partial charge in [-0.1, -0.05) is 12.5 Å². The number of aromatic nitrogens is 2. The lowest BCUT2D eigenvalue weighted by molar-refractivity contribution is 0.404. The van der Waals surface area contributed by atoms with E-state index in [0.717, 1.165) is 25.3 Å². The number of hydrogen-bond acceptors (Lipinski definition) is 4. The smallest absolute Gasteiger partial charge is 0.169 e. The van der Waals surface area contributed by atoms with Gasteiger partial charge < -0.3 is 5.32 Å². The molecule has 2 aliphatic rings. The van der Waals surface area contributed by atoms with Crippen LogP contribution in [-0.4, -0.2) is 16.5 Å². The Morgan fingerprint density at radius 3 is 2.95 bits per heavy atom. The quantitative estimate of drug-likeness (QED) is 0.912. The van der Waals surface area contributed by atoms with E-state index in [1.807, 2.05) is 0 Å². The van der Waals surface area contributed by atoms with Crippen molar-refractivity contribution in [2.75, 3.05) is 6.54 Å². The molecule has 4 rings (SSSR count). The Labute approximate surface area is 117 Å². The van der Waals surface area contributed by atoms with Gasteiger partial charge >= 0.3 is 0 Å². The van der Waals surface area contributed by atoms with Crippen molar-refractivity contribution in [1.82, 2.24) is 15.3 Å². The van der Waals surface area contributed by atoms with E-state index < -0.39 is 0 Å². The third kappa shape index (κ3) is 1.99. The first-order valence-electron chi connectivity index (χ1n) is 7.06. The third-order valence-corrected chi connectivity index (χ3v) is 5.06. The van der Waals surface area contributed by atoms with Crippen molar-refractivity contribution in [1.29, 1.82) is 0 Å². The van der Waals surface area contributed by atoms with Gasteiger partial charge in [0.1, 0.15) is 0 Å². The third-order valence-electron chi connectivity index (χ3n) is 4.20. The van der Waals surface area contributed by atoms with Gasteiger partial charge in [0.05, 0.1) is 16.3 Å². The maximum atomic E-state index is 4.91. The van der Waals surface area contributed by atoms with Gasteiger partial charge in [-0.2, -0.15) is 0 Å². The van der Waals surface area contributed by atoms with Gasteiger partial charge in [-0.05, 0) is 24.3 Å². The van der Waals surface area contributed by atoms with Crippen molar-refractivity contribution in [2.24, 2.45) is 0 Å². The maximum absolute atomic E-state index is 4.91. The average Bonchev–Trinajstić information content (AvgIpc) is 2.90. The number of fused-ring (bicyclic) bond motifs is 1. The summed E-state index contributed by atoms with van der Waals surface area (Å²) in [6.07, 6.45) is 4.99. The van der Waals surface area contributed by atoms with Crippen LogP contribution in [0.3, 0.4) is 0 Å². The van der Waals surface area contributed by atoms with Crippen LogP contribution in [0.5, 0.6) is 0 Å². The highest BCUT2D eigenvalue weighted by Crippen LogP contribution is 2.39. The molecule has 19 heavy (non-hydrogen) atoms. The second-order valence-electron chi connectivity index (χ2n) is 5.39. The Kier molecular flexibility index (Phi) is 2.85. The lowest BCUT2D eigenvalue weighted by atomic mass is 9.80. The van der Waals surface area contributed by atoms with Gasteiger partial charge in [0.25, 0.3) is 0 Å². The van der Waals surface area contributed by atoms with Gasteiger partial charge in [-0.25, -0.2) is 9.97 Å². The molecule has 0 radical (unpaired) electrons. The molecule has 0 atom stereocenters. The molecular weight excluding hydrogens is 254 g/mol. The van der Waals surface area contributed by atoms with Crippen molar-refractivity contribution in [3.63, 3.8) is 0 Å². The summed E-state index contributed by atoms with van der Waals surface area (Å²) in [6, 6.07) is 4.20. The molecule has 0 amide bonds. The van der Waals surface area contributed by atoms with E-state index in [2.05, 4.69) is 22.8 Å². The number of thiophene rings is 1. The van der Waals surface area contributed by atoms with E-state index in [1.165, 1.54) is 41.1 Å². The molecule has 3 nitrogen and oxygen atoms in total. The lowest BCUT2D eigenvalue weighted by Gasteiger charge is -2.29. The van der Waals surface area contributed by atoms with Crippen LogP contribution in [0, 0.1) is 0 Å². The lowest BCUT2D eigenvalue weighted by Crippen LogP contribution is -2.28. The van der Waals surface area contributed by atoms with Gasteiger partial charge in [0.2, 0.25) is 0 Å². The molecule has 2 aromatic rings. The van der Waals surface area contributed by atoms with Crippen LogP contribution in [0.4, 0.5) is 0 Å². The van der Waals surface area contributed by atoms with E-state index in [0.29, 0.717) is 5.92 Å². The molecule has 0 unspecified atom stereocenters. The molecule has 98 valence electrons. The Morgan fingerprint density at radius 2 is 2.21 bits per heavy atom.